The van der Waals surface area contributed by atoms with Gasteiger partial charge in [-0.3, -0.25) is 0 Å². The lowest BCUT2D eigenvalue weighted by atomic mass is 10.1. The molecule has 0 aliphatic heterocycles. The molecule has 6 nitrogen and oxygen atoms in total. The Labute approximate surface area is 109 Å². The number of hydrogen-bond donors (Lipinski definition) is 0. The lowest BCUT2D eigenvalue weighted by molar-refractivity contribution is 0.355. The fourth-order valence-electron chi connectivity index (χ4n) is 1.88. The Bertz CT molecular complexity index is 723. The van der Waals surface area contributed by atoms with Gasteiger partial charge in [0.2, 0.25) is 0 Å². The summed E-state index contributed by atoms with van der Waals surface area (Å²) in [5.74, 6) is 1.36. The lowest BCUT2D eigenvalue weighted by Crippen LogP contribution is -1.95. The van der Waals surface area contributed by atoms with Crippen LogP contribution in [0.15, 0.2) is 36.7 Å². The van der Waals surface area contributed by atoms with E-state index in [4.69, 9.17) is 9.47 Å². The summed E-state index contributed by atoms with van der Waals surface area (Å²) in [4.78, 5) is 0. The van der Waals surface area contributed by atoms with Crippen LogP contribution in [0.1, 0.15) is 0 Å². The first-order valence-corrected chi connectivity index (χ1v) is 5.71. The van der Waals surface area contributed by atoms with Gasteiger partial charge in [-0.2, -0.15) is 9.61 Å². The Morgan fingerprint density at radius 2 is 1.84 bits per heavy atom. The van der Waals surface area contributed by atoms with Gasteiger partial charge in [0.1, 0.15) is 6.33 Å². The van der Waals surface area contributed by atoms with Crippen LogP contribution in [-0.2, 0) is 0 Å². The van der Waals surface area contributed by atoms with E-state index in [9.17, 15) is 0 Å². The predicted molar refractivity (Wildman–Crippen MR) is 69.3 cm³/mol. The van der Waals surface area contributed by atoms with Crippen molar-refractivity contribution in [3.8, 4) is 22.8 Å². The summed E-state index contributed by atoms with van der Waals surface area (Å²) in [6.07, 6.45) is 1.57. The average molecular weight is 256 g/mol. The highest BCUT2D eigenvalue weighted by Crippen LogP contribution is 2.31. The fourth-order valence-corrected chi connectivity index (χ4v) is 1.88. The second kappa shape index (κ2) is 4.56. The number of ether oxygens (including phenoxy) is 2. The van der Waals surface area contributed by atoms with Crippen LogP contribution in [0, 0.1) is 0 Å². The molecule has 0 radical (unpaired) electrons. The summed E-state index contributed by atoms with van der Waals surface area (Å²) >= 11 is 0. The third kappa shape index (κ3) is 1.97. The summed E-state index contributed by atoms with van der Waals surface area (Å²) in [5.41, 5.74) is 2.46. The van der Waals surface area contributed by atoms with Gasteiger partial charge in [-0.15, -0.1) is 10.2 Å². The van der Waals surface area contributed by atoms with Gasteiger partial charge in [0.15, 0.2) is 17.1 Å². The van der Waals surface area contributed by atoms with Gasteiger partial charge >= 0.3 is 0 Å². The van der Waals surface area contributed by atoms with Crippen LogP contribution in [-0.4, -0.2) is 34.0 Å². The summed E-state index contributed by atoms with van der Waals surface area (Å²) in [7, 11) is 3.22. The first-order valence-electron chi connectivity index (χ1n) is 5.71. The van der Waals surface area contributed by atoms with Crippen LogP contribution in [0.4, 0.5) is 0 Å². The zero-order valence-electron chi connectivity index (χ0n) is 10.6. The number of aromatic nitrogens is 4. The van der Waals surface area contributed by atoms with Crippen LogP contribution in [0.5, 0.6) is 11.5 Å². The molecule has 0 saturated heterocycles. The molecule has 0 aliphatic carbocycles. The second-order valence-electron chi connectivity index (χ2n) is 3.92. The Morgan fingerprint density at radius 1 is 1.00 bits per heavy atom. The number of rotatable bonds is 3. The van der Waals surface area contributed by atoms with E-state index >= 15 is 0 Å². The van der Waals surface area contributed by atoms with Crippen molar-refractivity contribution in [2.75, 3.05) is 14.2 Å². The summed E-state index contributed by atoms with van der Waals surface area (Å²) in [6.45, 7) is 0. The Hall–Kier alpha value is -2.63. The highest BCUT2D eigenvalue weighted by molar-refractivity contribution is 5.64. The van der Waals surface area contributed by atoms with E-state index in [1.807, 2.05) is 30.3 Å². The molecule has 0 N–H and O–H groups in total. The largest absolute Gasteiger partial charge is 0.493 e. The normalized spacial score (nSPS) is 10.6. The molecule has 0 bridgehead atoms. The van der Waals surface area contributed by atoms with Crippen molar-refractivity contribution in [2.24, 2.45) is 0 Å². The molecular weight excluding hydrogens is 244 g/mol. The predicted octanol–water partition coefficient (Wildman–Crippen LogP) is 1.81. The van der Waals surface area contributed by atoms with Crippen LogP contribution < -0.4 is 9.47 Å². The van der Waals surface area contributed by atoms with Crippen molar-refractivity contribution in [1.82, 2.24) is 19.8 Å². The molecule has 3 rings (SSSR count). The standard InChI is InChI=1S/C13H12N4O2/c1-18-11-5-3-9(7-12(11)19-2)10-4-6-13-15-14-8-17(13)16-10/h3-8H,1-2H3. The summed E-state index contributed by atoms with van der Waals surface area (Å²) in [5, 5.41) is 12.2. The molecule has 0 atom stereocenters. The fraction of sp³-hybridized carbons (Fsp3) is 0.154. The van der Waals surface area contributed by atoms with E-state index in [2.05, 4.69) is 15.3 Å². The second-order valence-corrected chi connectivity index (χ2v) is 3.92. The highest BCUT2D eigenvalue weighted by Gasteiger charge is 2.08. The molecule has 6 heteroatoms. The molecule has 0 saturated carbocycles. The van der Waals surface area contributed by atoms with Gasteiger partial charge in [-0.25, -0.2) is 0 Å². The van der Waals surface area contributed by atoms with Crippen LogP contribution in [0.3, 0.4) is 0 Å². The number of methoxy groups -OCH3 is 2. The SMILES string of the molecule is COc1ccc(-c2ccc3nncn3n2)cc1OC. The minimum atomic E-state index is 0.672. The molecule has 2 aromatic heterocycles. The third-order valence-electron chi connectivity index (χ3n) is 2.84. The third-order valence-corrected chi connectivity index (χ3v) is 2.84. The first kappa shape index (κ1) is 11.5. The topological polar surface area (TPSA) is 61.5 Å². The molecule has 0 unspecified atom stereocenters. The van der Waals surface area contributed by atoms with Crippen molar-refractivity contribution in [1.29, 1.82) is 0 Å². The van der Waals surface area contributed by atoms with Crippen molar-refractivity contribution in [3.05, 3.63) is 36.7 Å². The molecule has 2 heterocycles. The van der Waals surface area contributed by atoms with Gasteiger partial charge in [-0.1, -0.05) is 0 Å². The number of fused-ring (bicyclic) bond motifs is 1. The van der Waals surface area contributed by atoms with Crippen molar-refractivity contribution in [3.63, 3.8) is 0 Å². The minimum absolute atomic E-state index is 0.672. The van der Waals surface area contributed by atoms with Crippen LogP contribution in [0.2, 0.25) is 0 Å². The molecule has 0 spiro atoms. The van der Waals surface area contributed by atoms with Crippen molar-refractivity contribution in [2.45, 2.75) is 0 Å². The van der Waals surface area contributed by atoms with E-state index in [1.54, 1.807) is 25.1 Å². The number of nitrogens with zero attached hydrogens (tertiary/aromatic N) is 4. The first-order chi connectivity index (χ1) is 9.31. The molecule has 3 aromatic rings. The van der Waals surface area contributed by atoms with E-state index in [0.29, 0.717) is 17.1 Å². The lowest BCUT2D eigenvalue weighted by Gasteiger charge is -2.09. The van der Waals surface area contributed by atoms with E-state index < -0.39 is 0 Å². The minimum Gasteiger partial charge on any atom is -0.493 e. The average Bonchev–Trinajstić information content (AvgIpc) is 2.93. The molecule has 19 heavy (non-hydrogen) atoms. The smallest absolute Gasteiger partial charge is 0.177 e. The molecule has 96 valence electrons. The van der Waals surface area contributed by atoms with Gasteiger partial charge in [-0.05, 0) is 30.3 Å². The Balaban J connectivity index is 2.09. The van der Waals surface area contributed by atoms with E-state index in [-0.39, 0.29) is 0 Å². The summed E-state index contributed by atoms with van der Waals surface area (Å²) < 4.78 is 12.1. The Morgan fingerprint density at radius 3 is 2.63 bits per heavy atom. The van der Waals surface area contributed by atoms with Gasteiger partial charge in [0, 0.05) is 5.56 Å². The van der Waals surface area contributed by atoms with E-state index in [0.717, 1.165) is 11.3 Å². The van der Waals surface area contributed by atoms with Crippen LogP contribution >= 0.6 is 0 Å². The molecular formula is C13H12N4O2. The maximum atomic E-state index is 5.29. The Kier molecular flexibility index (Phi) is 2.75. The van der Waals surface area contributed by atoms with Gasteiger partial charge < -0.3 is 9.47 Å². The van der Waals surface area contributed by atoms with Gasteiger partial charge in [0.25, 0.3) is 0 Å². The van der Waals surface area contributed by atoms with Gasteiger partial charge in [0.05, 0.1) is 19.9 Å². The molecule has 1 aromatic carbocycles. The van der Waals surface area contributed by atoms with E-state index in [1.165, 1.54) is 0 Å². The zero-order chi connectivity index (χ0) is 13.2. The van der Waals surface area contributed by atoms with Crippen molar-refractivity contribution >= 4 is 5.65 Å². The quantitative estimate of drug-likeness (QED) is 0.715. The van der Waals surface area contributed by atoms with Crippen LogP contribution in [0.25, 0.3) is 16.9 Å². The number of benzene rings is 1. The monoisotopic (exact) mass is 256 g/mol. The molecule has 0 fully saturated rings. The van der Waals surface area contributed by atoms with Crippen molar-refractivity contribution < 1.29 is 9.47 Å². The summed E-state index contributed by atoms with van der Waals surface area (Å²) in [6, 6.07) is 9.43. The zero-order valence-corrected chi connectivity index (χ0v) is 10.6. The maximum absolute atomic E-state index is 5.29. The maximum Gasteiger partial charge on any atom is 0.177 e. The number of hydrogen-bond acceptors (Lipinski definition) is 5. The molecule has 0 amide bonds. The molecule has 0 aliphatic rings. The highest BCUT2D eigenvalue weighted by atomic mass is 16.5.